The second-order valence-electron chi connectivity index (χ2n) is 8.43. The summed E-state index contributed by atoms with van der Waals surface area (Å²) in [5.74, 6) is -0.133. The molecule has 170 valence electrons. The number of aryl methyl sites for hydroxylation is 1. The Hall–Kier alpha value is -4.00. The third kappa shape index (κ3) is 5.26. The first-order valence-corrected chi connectivity index (χ1v) is 10.8. The predicted molar refractivity (Wildman–Crippen MR) is 119 cm³/mol. The first-order chi connectivity index (χ1) is 15.8. The van der Waals surface area contributed by atoms with Gasteiger partial charge in [-0.15, -0.1) is 0 Å². The number of nitriles is 1. The maximum absolute atomic E-state index is 12.8. The molecule has 4 rings (SSSR count). The van der Waals surface area contributed by atoms with E-state index in [9.17, 15) is 24.4 Å². The number of carbonyl (C=O) groups is 3. The van der Waals surface area contributed by atoms with Crippen LogP contribution in [0.1, 0.15) is 30.7 Å². The molecule has 3 N–H and O–H groups in total. The second kappa shape index (κ2) is 9.24. The zero-order valence-corrected chi connectivity index (χ0v) is 18.2. The molecular weight excluding hydrogens is 424 g/mol. The number of hydrogen-bond donors (Lipinski definition) is 3. The highest BCUT2D eigenvalue weighted by atomic mass is 16.2. The minimum absolute atomic E-state index is 0.0251. The topological polar surface area (TPSA) is 146 Å². The molecule has 1 saturated heterocycles. The van der Waals surface area contributed by atoms with Crippen molar-refractivity contribution in [2.45, 2.75) is 32.7 Å². The van der Waals surface area contributed by atoms with Crippen molar-refractivity contribution < 1.29 is 14.4 Å². The van der Waals surface area contributed by atoms with Gasteiger partial charge in [-0.1, -0.05) is 0 Å². The summed E-state index contributed by atoms with van der Waals surface area (Å²) in [6, 6.07) is 8.17. The van der Waals surface area contributed by atoms with Crippen LogP contribution in [0.2, 0.25) is 0 Å². The molecule has 0 radical (unpaired) electrons. The van der Waals surface area contributed by atoms with Crippen molar-refractivity contribution in [2.75, 3.05) is 18.4 Å². The van der Waals surface area contributed by atoms with Crippen LogP contribution in [0.15, 0.2) is 29.1 Å². The van der Waals surface area contributed by atoms with E-state index in [1.807, 2.05) is 6.07 Å². The summed E-state index contributed by atoms with van der Waals surface area (Å²) in [5.41, 5.74) is 1.27. The molecule has 1 saturated carbocycles. The zero-order valence-electron chi connectivity index (χ0n) is 18.2. The van der Waals surface area contributed by atoms with Crippen LogP contribution in [0, 0.1) is 30.1 Å². The van der Waals surface area contributed by atoms with E-state index < -0.39 is 5.56 Å². The van der Waals surface area contributed by atoms with E-state index in [0.717, 1.165) is 12.8 Å². The van der Waals surface area contributed by atoms with Gasteiger partial charge in [0.15, 0.2) is 0 Å². The Morgan fingerprint density at radius 3 is 2.70 bits per heavy atom. The van der Waals surface area contributed by atoms with Crippen LogP contribution in [-0.4, -0.2) is 40.4 Å². The van der Waals surface area contributed by atoms with E-state index in [1.165, 1.54) is 10.6 Å². The lowest BCUT2D eigenvalue weighted by Crippen LogP contribution is -2.36. The summed E-state index contributed by atoms with van der Waals surface area (Å²) in [5, 5.41) is 17.5. The lowest BCUT2D eigenvalue weighted by atomic mass is 10.1. The van der Waals surface area contributed by atoms with Gasteiger partial charge in [0, 0.05) is 43.0 Å². The molecule has 2 heterocycles. The first-order valence-electron chi connectivity index (χ1n) is 10.8. The number of benzene rings is 1. The summed E-state index contributed by atoms with van der Waals surface area (Å²) in [6.45, 7) is 2.32. The van der Waals surface area contributed by atoms with Gasteiger partial charge in [-0.05, 0) is 38.0 Å². The molecule has 1 aliphatic carbocycles. The molecule has 3 amide bonds. The van der Waals surface area contributed by atoms with Gasteiger partial charge in [0.05, 0.1) is 23.0 Å². The Bertz CT molecular complexity index is 1220. The largest absolute Gasteiger partial charge is 0.356 e. The van der Waals surface area contributed by atoms with Crippen molar-refractivity contribution in [1.82, 2.24) is 20.2 Å². The van der Waals surface area contributed by atoms with E-state index in [4.69, 9.17) is 0 Å². The highest BCUT2D eigenvalue weighted by Crippen LogP contribution is 2.33. The monoisotopic (exact) mass is 448 g/mol. The minimum atomic E-state index is -0.408. The van der Waals surface area contributed by atoms with Crippen molar-refractivity contribution in [1.29, 1.82) is 5.26 Å². The Morgan fingerprint density at radius 2 is 2.06 bits per heavy atom. The molecule has 2 aromatic rings. The van der Waals surface area contributed by atoms with Crippen molar-refractivity contribution in [3.63, 3.8) is 0 Å². The molecule has 1 unspecified atom stereocenters. The second-order valence-corrected chi connectivity index (χ2v) is 8.43. The smallest absolute Gasteiger partial charge is 0.254 e. The molecule has 2 aliphatic rings. The number of anilines is 1. The van der Waals surface area contributed by atoms with Crippen LogP contribution in [0.5, 0.6) is 0 Å². The average molecular weight is 448 g/mol. The molecule has 10 nitrogen and oxygen atoms in total. The summed E-state index contributed by atoms with van der Waals surface area (Å²) in [6.07, 6.45) is 2.05. The van der Waals surface area contributed by atoms with Gasteiger partial charge >= 0.3 is 0 Å². The normalized spacial score (nSPS) is 17.2. The van der Waals surface area contributed by atoms with Crippen LogP contribution in [0.3, 0.4) is 0 Å². The van der Waals surface area contributed by atoms with Crippen LogP contribution < -0.4 is 21.5 Å². The van der Waals surface area contributed by atoms with Gasteiger partial charge in [-0.3, -0.25) is 23.7 Å². The number of carbonyl (C=O) groups excluding carboxylic acids is 3. The van der Waals surface area contributed by atoms with Crippen molar-refractivity contribution in [2.24, 2.45) is 11.8 Å². The Morgan fingerprint density at radius 1 is 1.27 bits per heavy atom. The molecular formula is C23H24N6O4. The maximum Gasteiger partial charge on any atom is 0.254 e. The van der Waals surface area contributed by atoms with Crippen LogP contribution >= 0.6 is 0 Å². The van der Waals surface area contributed by atoms with Gasteiger partial charge in [0.1, 0.15) is 12.4 Å². The van der Waals surface area contributed by atoms with E-state index in [0.29, 0.717) is 47.8 Å². The fraction of sp³-hybridized carbons (Fsp3) is 0.391. The SMILES string of the molecule is Cc1nc(-c2ccc(C#N)cc2NC(=O)C2CC2)cc(=O)n1CC(=O)NCC1CNC(=O)C1. The van der Waals surface area contributed by atoms with E-state index in [1.54, 1.807) is 25.1 Å². The average Bonchev–Trinajstić information content (AvgIpc) is 3.56. The summed E-state index contributed by atoms with van der Waals surface area (Å²) in [7, 11) is 0. The third-order valence-electron chi connectivity index (χ3n) is 5.78. The fourth-order valence-electron chi connectivity index (χ4n) is 3.74. The fourth-order valence-corrected chi connectivity index (χ4v) is 3.74. The Labute approximate surface area is 190 Å². The Kier molecular flexibility index (Phi) is 6.22. The number of aromatic nitrogens is 2. The first kappa shape index (κ1) is 22.2. The molecule has 10 heteroatoms. The summed E-state index contributed by atoms with van der Waals surface area (Å²) < 4.78 is 1.27. The van der Waals surface area contributed by atoms with Crippen LogP contribution in [0.4, 0.5) is 5.69 Å². The number of nitrogens with zero attached hydrogens (tertiary/aromatic N) is 3. The molecule has 0 spiro atoms. The molecule has 2 fully saturated rings. The van der Waals surface area contributed by atoms with E-state index in [-0.39, 0.29) is 36.1 Å². The number of rotatable bonds is 7. The highest BCUT2D eigenvalue weighted by Gasteiger charge is 2.30. The van der Waals surface area contributed by atoms with Crippen molar-refractivity contribution >= 4 is 23.4 Å². The minimum Gasteiger partial charge on any atom is -0.356 e. The van der Waals surface area contributed by atoms with E-state index in [2.05, 4.69) is 20.9 Å². The molecule has 1 aliphatic heterocycles. The lowest BCUT2D eigenvalue weighted by molar-refractivity contribution is -0.122. The van der Waals surface area contributed by atoms with Crippen molar-refractivity contribution in [3.8, 4) is 17.3 Å². The third-order valence-corrected chi connectivity index (χ3v) is 5.78. The number of amides is 3. The number of hydrogen-bond acceptors (Lipinski definition) is 6. The van der Waals surface area contributed by atoms with Gasteiger partial charge in [0.25, 0.3) is 5.56 Å². The highest BCUT2D eigenvalue weighted by molar-refractivity contribution is 5.97. The molecule has 33 heavy (non-hydrogen) atoms. The van der Waals surface area contributed by atoms with Gasteiger partial charge < -0.3 is 16.0 Å². The molecule has 1 aromatic heterocycles. The van der Waals surface area contributed by atoms with Crippen molar-refractivity contribution in [3.05, 3.63) is 46.0 Å². The molecule has 0 bridgehead atoms. The van der Waals surface area contributed by atoms with Gasteiger partial charge in [0.2, 0.25) is 17.7 Å². The quantitative estimate of drug-likeness (QED) is 0.568. The number of nitrogens with one attached hydrogen (secondary N) is 3. The summed E-state index contributed by atoms with van der Waals surface area (Å²) in [4.78, 5) is 53.2. The van der Waals surface area contributed by atoms with E-state index >= 15 is 0 Å². The standard InChI is InChI=1S/C23H24N6O4/c1-13-27-19(17-5-2-14(9-24)6-18(17)28-23(33)16-3-4-16)8-22(32)29(13)12-21(31)26-11-15-7-20(30)25-10-15/h2,5-6,8,15-16H,3-4,7,10-12H2,1H3,(H,25,30)(H,26,31)(H,28,33). The van der Waals surface area contributed by atoms with Crippen LogP contribution in [-0.2, 0) is 20.9 Å². The molecule has 1 atom stereocenters. The van der Waals surface area contributed by atoms with Crippen LogP contribution in [0.25, 0.3) is 11.3 Å². The van der Waals surface area contributed by atoms with Gasteiger partial charge in [-0.2, -0.15) is 5.26 Å². The summed E-state index contributed by atoms with van der Waals surface area (Å²) >= 11 is 0. The molecule has 1 aromatic carbocycles. The Balaban J connectivity index is 1.52. The maximum atomic E-state index is 12.8. The predicted octanol–water partition coefficient (Wildman–Crippen LogP) is 0.691. The lowest BCUT2D eigenvalue weighted by Gasteiger charge is -2.15. The van der Waals surface area contributed by atoms with Gasteiger partial charge in [-0.25, -0.2) is 4.98 Å². The zero-order chi connectivity index (χ0) is 23.5.